The number of alkyl halides is 1. The van der Waals surface area contributed by atoms with Gasteiger partial charge in [-0.2, -0.15) is 0 Å². The molecule has 2 heteroatoms. The average Bonchev–Trinajstić information content (AvgIpc) is 1.98. The Labute approximate surface area is 68.6 Å². The van der Waals surface area contributed by atoms with Crippen LogP contribution in [0.1, 0.15) is 26.7 Å². The van der Waals surface area contributed by atoms with Crippen molar-refractivity contribution in [3.63, 3.8) is 0 Å². The van der Waals surface area contributed by atoms with Gasteiger partial charge in [-0.1, -0.05) is 13.8 Å². The first-order chi connectivity index (χ1) is 5.08. The number of piperidine rings is 1. The molecule has 0 aromatic carbocycles. The maximum absolute atomic E-state index is 13.9. The Hall–Kier alpha value is -0.110. The van der Waals surface area contributed by atoms with Gasteiger partial charge >= 0.3 is 0 Å². The van der Waals surface area contributed by atoms with E-state index in [2.05, 4.69) is 4.90 Å². The van der Waals surface area contributed by atoms with Crippen molar-refractivity contribution in [2.24, 2.45) is 5.92 Å². The molecule has 0 aromatic rings. The summed E-state index contributed by atoms with van der Waals surface area (Å²) in [7, 11) is 2.00. The first kappa shape index (κ1) is 8.98. The van der Waals surface area contributed by atoms with Crippen molar-refractivity contribution < 1.29 is 4.39 Å². The Balaban J connectivity index is 2.60. The quantitative estimate of drug-likeness (QED) is 0.566. The predicted molar refractivity (Wildman–Crippen MR) is 45.4 cm³/mol. The fraction of sp³-hybridized carbons (Fsp3) is 1.00. The topological polar surface area (TPSA) is 3.24 Å². The smallest absolute Gasteiger partial charge is 0.126 e. The summed E-state index contributed by atoms with van der Waals surface area (Å²) in [5, 5.41) is 0. The Bertz CT molecular complexity index is 138. The number of hydrogen-bond donors (Lipinski definition) is 0. The van der Waals surface area contributed by atoms with Crippen LogP contribution in [0, 0.1) is 5.92 Å². The molecule has 1 saturated heterocycles. The summed E-state index contributed by atoms with van der Waals surface area (Å²) < 4.78 is 13.9. The molecular weight excluding hydrogens is 141 g/mol. The number of nitrogens with zero attached hydrogens (tertiary/aromatic N) is 1. The van der Waals surface area contributed by atoms with Gasteiger partial charge in [0.05, 0.1) is 0 Å². The van der Waals surface area contributed by atoms with Gasteiger partial charge < -0.3 is 4.90 Å². The van der Waals surface area contributed by atoms with Gasteiger partial charge in [-0.05, 0) is 32.4 Å². The molecule has 1 aliphatic rings. The van der Waals surface area contributed by atoms with E-state index >= 15 is 0 Å². The molecule has 0 aromatic heterocycles. The third kappa shape index (κ3) is 1.73. The molecule has 11 heavy (non-hydrogen) atoms. The minimum Gasteiger partial charge on any atom is -0.303 e. The summed E-state index contributed by atoms with van der Waals surface area (Å²) in [5.41, 5.74) is -0.924. The van der Waals surface area contributed by atoms with E-state index in [1.807, 2.05) is 20.9 Å². The minimum atomic E-state index is -0.924. The van der Waals surface area contributed by atoms with Crippen LogP contribution in [0.25, 0.3) is 0 Å². The molecule has 0 amide bonds. The zero-order chi connectivity index (χ0) is 8.48. The van der Waals surface area contributed by atoms with Gasteiger partial charge in [-0.25, -0.2) is 4.39 Å². The monoisotopic (exact) mass is 159 g/mol. The lowest BCUT2D eigenvalue weighted by molar-refractivity contribution is 0.00607. The van der Waals surface area contributed by atoms with Gasteiger partial charge in [-0.3, -0.25) is 0 Å². The lowest BCUT2D eigenvalue weighted by Gasteiger charge is -2.39. The number of halogens is 1. The van der Waals surface area contributed by atoms with E-state index in [-0.39, 0.29) is 5.92 Å². The minimum absolute atomic E-state index is 0.240. The largest absolute Gasteiger partial charge is 0.303 e. The van der Waals surface area contributed by atoms with Crippen molar-refractivity contribution in [1.29, 1.82) is 0 Å². The molecule has 1 heterocycles. The summed E-state index contributed by atoms with van der Waals surface area (Å²) >= 11 is 0. The van der Waals surface area contributed by atoms with Crippen LogP contribution >= 0.6 is 0 Å². The van der Waals surface area contributed by atoms with E-state index in [4.69, 9.17) is 0 Å². The maximum Gasteiger partial charge on any atom is 0.126 e. The van der Waals surface area contributed by atoms with E-state index in [0.717, 1.165) is 13.0 Å². The highest BCUT2D eigenvalue weighted by molar-refractivity contribution is 4.90. The molecule has 1 fully saturated rings. The second kappa shape index (κ2) is 3.10. The predicted octanol–water partition coefficient (Wildman–Crippen LogP) is 2.08. The first-order valence-corrected chi connectivity index (χ1v) is 4.46. The molecule has 0 N–H and O–H groups in total. The fourth-order valence-corrected chi connectivity index (χ4v) is 1.82. The third-order valence-electron chi connectivity index (χ3n) is 2.95. The van der Waals surface area contributed by atoms with Crippen LogP contribution in [-0.4, -0.2) is 30.7 Å². The molecule has 0 saturated carbocycles. The van der Waals surface area contributed by atoms with Gasteiger partial charge in [0.1, 0.15) is 5.67 Å². The molecule has 66 valence electrons. The highest BCUT2D eigenvalue weighted by atomic mass is 19.1. The molecule has 0 spiro atoms. The highest BCUT2D eigenvalue weighted by Crippen LogP contribution is 2.32. The van der Waals surface area contributed by atoms with Gasteiger partial charge in [0.15, 0.2) is 0 Å². The zero-order valence-corrected chi connectivity index (χ0v) is 7.73. The van der Waals surface area contributed by atoms with Crippen molar-refractivity contribution in [1.82, 2.24) is 4.90 Å². The van der Waals surface area contributed by atoms with Crippen LogP contribution in [-0.2, 0) is 0 Å². The van der Waals surface area contributed by atoms with Crippen molar-refractivity contribution >= 4 is 0 Å². The second-order valence-corrected chi connectivity index (χ2v) is 3.82. The van der Waals surface area contributed by atoms with Crippen LogP contribution in [0.2, 0.25) is 0 Å². The Kier molecular flexibility index (Phi) is 2.53. The molecule has 1 nitrogen and oxygen atoms in total. The van der Waals surface area contributed by atoms with Crippen molar-refractivity contribution in [2.45, 2.75) is 32.4 Å². The lowest BCUT2D eigenvalue weighted by atomic mass is 9.82. The average molecular weight is 159 g/mol. The third-order valence-corrected chi connectivity index (χ3v) is 2.95. The van der Waals surface area contributed by atoms with Crippen LogP contribution in [0.3, 0.4) is 0 Å². The summed E-state index contributed by atoms with van der Waals surface area (Å²) in [4.78, 5) is 2.09. The summed E-state index contributed by atoms with van der Waals surface area (Å²) in [5.74, 6) is 0.240. The zero-order valence-electron chi connectivity index (χ0n) is 7.73. The van der Waals surface area contributed by atoms with Crippen LogP contribution in [0.15, 0.2) is 0 Å². The van der Waals surface area contributed by atoms with E-state index in [1.165, 1.54) is 0 Å². The fourth-order valence-electron chi connectivity index (χ4n) is 1.82. The normalized spacial score (nSPS) is 40.9. The highest BCUT2D eigenvalue weighted by Gasteiger charge is 2.38. The molecule has 1 aliphatic heterocycles. The van der Waals surface area contributed by atoms with E-state index in [1.54, 1.807) is 0 Å². The SMILES string of the molecule is CCC1(F)CN(C)CCC1C. The Morgan fingerprint density at radius 3 is 2.73 bits per heavy atom. The van der Waals surface area contributed by atoms with Crippen molar-refractivity contribution in [3.05, 3.63) is 0 Å². The summed E-state index contributed by atoms with van der Waals surface area (Å²) in [6.45, 7) is 5.63. The molecular formula is C9H18FN. The van der Waals surface area contributed by atoms with Crippen molar-refractivity contribution in [2.75, 3.05) is 20.1 Å². The van der Waals surface area contributed by atoms with E-state index in [9.17, 15) is 4.39 Å². The molecule has 2 unspecified atom stereocenters. The van der Waals surface area contributed by atoms with Crippen LogP contribution < -0.4 is 0 Å². The molecule has 0 bridgehead atoms. The van der Waals surface area contributed by atoms with Gasteiger partial charge in [-0.15, -0.1) is 0 Å². The van der Waals surface area contributed by atoms with Crippen LogP contribution in [0.5, 0.6) is 0 Å². The molecule has 0 aliphatic carbocycles. The summed E-state index contributed by atoms with van der Waals surface area (Å²) in [6, 6.07) is 0. The molecule has 2 atom stereocenters. The maximum atomic E-state index is 13.9. The van der Waals surface area contributed by atoms with E-state index in [0.29, 0.717) is 13.0 Å². The number of hydrogen-bond acceptors (Lipinski definition) is 1. The molecule has 0 radical (unpaired) electrons. The molecule has 1 rings (SSSR count). The van der Waals surface area contributed by atoms with Gasteiger partial charge in [0.2, 0.25) is 0 Å². The lowest BCUT2D eigenvalue weighted by Crippen LogP contribution is -2.48. The van der Waals surface area contributed by atoms with Crippen molar-refractivity contribution in [3.8, 4) is 0 Å². The Morgan fingerprint density at radius 2 is 2.27 bits per heavy atom. The Morgan fingerprint density at radius 1 is 1.64 bits per heavy atom. The van der Waals surface area contributed by atoms with Gasteiger partial charge in [0.25, 0.3) is 0 Å². The standard InChI is InChI=1S/C9H18FN/c1-4-9(10)7-11(3)6-5-8(9)2/h8H,4-7H2,1-3H3. The van der Waals surface area contributed by atoms with Gasteiger partial charge in [0, 0.05) is 6.54 Å². The second-order valence-electron chi connectivity index (χ2n) is 3.82. The first-order valence-electron chi connectivity index (χ1n) is 4.46. The number of rotatable bonds is 1. The summed E-state index contributed by atoms with van der Waals surface area (Å²) in [6.07, 6.45) is 1.65. The van der Waals surface area contributed by atoms with Crippen LogP contribution in [0.4, 0.5) is 4.39 Å². The van der Waals surface area contributed by atoms with E-state index < -0.39 is 5.67 Å². The number of likely N-dealkylation sites (tertiary alicyclic amines) is 1.